The Hall–Kier alpha value is -1.02. The summed E-state index contributed by atoms with van der Waals surface area (Å²) in [6.45, 7) is 0. The third-order valence-corrected chi connectivity index (χ3v) is 2.50. The topological polar surface area (TPSA) is 46.2 Å². The van der Waals surface area contributed by atoms with Gasteiger partial charge in [0.15, 0.2) is 0 Å². The van der Waals surface area contributed by atoms with E-state index in [1.54, 1.807) is 6.07 Å². The minimum atomic E-state index is 0.228. The number of phenols is 1. The van der Waals surface area contributed by atoms with Crippen LogP contribution in [0.5, 0.6) is 5.75 Å². The van der Waals surface area contributed by atoms with E-state index in [1.807, 2.05) is 6.07 Å². The van der Waals surface area contributed by atoms with Crippen LogP contribution in [0.3, 0.4) is 0 Å². The Bertz CT molecular complexity index is 296. The van der Waals surface area contributed by atoms with Crippen LogP contribution in [0.4, 0.5) is 0 Å². The van der Waals surface area contributed by atoms with E-state index in [-0.39, 0.29) is 6.04 Å². The number of nitrogens with two attached hydrogens (primary N) is 1. The molecule has 2 nitrogen and oxygen atoms in total. The van der Waals surface area contributed by atoms with Crippen molar-refractivity contribution in [1.29, 1.82) is 0 Å². The van der Waals surface area contributed by atoms with E-state index < -0.39 is 0 Å². The van der Waals surface area contributed by atoms with Crippen LogP contribution in [0.25, 0.3) is 0 Å². The minimum Gasteiger partial charge on any atom is -0.508 e. The second kappa shape index (κ2) is 2.79. The Morgan fingerprint density at radius 2 is 2.25 bits per heavy atom. The zero-order valence-electron chi connectivity index (χ0n) is 6.96. The number of hydrogen-bond donors (Lipinski definition) is 2. The lowest BCUT2D eigenvalue weighted by Crippen LogP contribution is -2.27. The molecule has 0 saturated heterocycles. The predicted octanol–water partition coefficient (Wildman–Crippen LogP) is 1.21. The lowest BCUT2D eigenvalue weighted by atomic mass is 9.88. The molecule has 0 amide bonds. The van der Waals surface area contributed by atoms with E-state index in [4.69, 9.17) is 5.73 Å². The maximum Gasteiger partial charge on any atom is 0.119 e. The summed E-state index contributed by atoms with van der Waals surface area (Å²) in [6.07, 6.45) is 2.86. The van der Waals surface area contributed by atoms with Crippen molar-refractivity contribution < 1.29 is 5.11 Å². The van der Waals surface area contributed by atoms with Gasteiger partial charge in [-0.2, -0.15) is 0 Å². The first-order valence-electron chi connectivity index (χ1n) is 4.32. The van der Waals surface area contributed by atoms with Crippen molar-refractivity contribution in [3.05, 3.63) is 29.3 Å². The number of fused-ring (bicyclic) bond motifs is 1. The van der Waals surface area contributed by atoms with Crippen LogP contribution in [0.2, 0.25) is 0 Å². The largest absolute Gasteiger partial charge is 0.508 e. The third-order valence-electron chi connectivity index (χ3n) is 2.50. The Balaban J connectivity index is 2.43. The first kappa shape index (κ1) is 7.62. The van der Waals surface area contributed by atoms with Crippen LogP contribution < -0.4 is 5.73 Å². The minimum absolute atomic E-state index is 0.228. The van der Waals surface area contributed by atoms with Crippen LogP contribution in [0, 0.1) is 0 Å². The number of rotatable bonds is 0. The summed E-state index contributed by atoms with van der Waals surface area (Å²) in [4.78, 5) is 0. The van der Waals surface area contributed by atoms with Gasteiger partial charge in [-0.3, -0.25) is 0 Å². The van der Waals surface area contributed by atoms with Crippen molar-refractivity contribution in [2.75, 3.05) is 0 Å². The van der Waals surface area contributed by atoms with E-state index in [0.717, 1.165) is 24.8 Å². The molecule has 0 unspecified atom stereocenters. The second-order valence-corrected chi connectivity index (χ2v) is 3.42. The Labute approximate surface area is 72.0 Å². The normalized spacial score (nSPS) is 21.9. The number of aryl methyl sites for hydroxylation is 1. The Morgan fingerprint density at radius 1 is 1.42 bits per heavy atom. The molecule has 0 bridgehead atoms. The van der Waals surface area contributed by atoms with Gasteiger partial charge in [0, 0.05) is 6.04 Å². The molecule has 0 aliphatic heterocycles. The highest BCUT2D eigenvalue weighted by Crippen LogP contribution is 2.27. The molecule has 2 heteroatoms. The summed E-state index contributed by atoms with van der Waals surface area (Å²) in [5.74, 6) is 0.405. The molecule has 64 valence electrons. The predicted molar refractivity (Wildman–Crippen MR) is 48.1 cm³/mol. The van der Waals surface area contributed by atoms with Gasteiger partial charge in [-0.1, -0.05) is 12.1 Å². The van der Waals surface area contributed by atoms with Crippen LogP contribution in [-0.4, -0.2) is 11.1 Å². The second-order valence-electron chi connectivity index (χ2n) is 3.42. The fourth-order valence-electron chi connectivity index (χ4n) is 1.80. The van der Waals surface area contributed by atoms with Crippen LogP contribution >= 0.6 is 0 Å². The Kier molecular flexibility index (Phi) is 1.77. The molecule has 0 saturated carbocycles. The van der Waals surface area contributed by atoms with E-state index >= 15 is 0 Å². The smallest absolute Gasteiger partial charge is 0.119 e. The van der Waals surface area contributed by atoms with Gasteiger partial charge in [0.05, 0.1) is 0 Å². The number of benzene rings is 1. The average molecular weight is 163 g/mol. The van der Waals surface area contributed by atoms with Crippen molar-refractivity contribution in [3.8, 4) is 5.75 Å². The zero-order valence-corrected chi connectivity index (χ0v) is 6.96. The third kappa shape index (κ3) is 1.18. The molecular formula is C10H13NO. The first-order chi connectivity index (χ1) is 5.77. The lowest BCUT2D eigenvalue weighted by molar-refractivity contribution is 0.455. The highest BCUT2D eigenvalue weighted by Gasteiger charge is 2.17. The molecule has 3 N–H and O–H groups in total. The van der Waals surface area contributed by atoms with Crippen molar-refractivity contribution in [2.45, 2.75) is 25.3 Å². The SMILES string of the molecule is N[C@H]1CCc2cccc(O)c2C1. The van der Waals surface area contributed by atoms with Crippen LogP contribution in [0.1, 0.15) is 17.5 Å². The number of phenolic OH excluding ortho intramolecular Hbond substituents is 1. The molecule has 12 heavy (non-hydrogen) atoms. The highest BCUT2D eigenvalue weighted by atomic mass is 16.3. The molecule has 0 fully saturated rings. The van der Waals surface area contributed by atoms with Gasteiger partial charge in [-0.25, -0.2) is 0 Å². The summed E-state index contributed by atoms with van der Waals surface area (Å²) in [5.41, 5.74) is 8.12. The van der Waals surface area contributed by atoms with Crippen LogP contribution in [0.15, 0.2) is 18.2 Å². The summed E-state index contributed by atoms with van der Waals surface area (Å²) in [7, 11) is 0. The highest BCUT2D eigenvalue weighted by molar-refractivity contribution is 5.41. The summed E-state index contributed by atoms with van der Waals surface area (Å²) in [6, 6.07) is 5.92. The van der Waals surface area contributed by atoms with Gasteiger partial charge < -0.3 is 10.8 Å². The summed E-state index contributed by atoms with van der Waals surface area (Å²) in [5, 5.41) is 9.52. The molecule has 1 aromatic rings. The fourth-order valence-corrected chi connectivity index (χ4v) is 1.80. The maximum atomic E-state index is 9.52. The summed E-state index contributed by atoms with van der Waals surface area (Å²) < 4.78 is 0. The molecule has 2 rings (SSSR count). The monoisotopic (exact) mass is 163 g/mol. The van der Waals surface area contributed by atoms with Crippen LogP contribution in [-0.2, 0) is 12.8 Å². The van der Waals surface area contributed by atoms with Gasteiger partial charge in [-0.15, -0.1) is 0 Å². The van der Waals surface area contributed by atoms with Gasteiger partial charge in [0.25, 0.3) is 0 Å². The van der Waals surface area contributed by atoms with Gasteiger partial charge in [-0.05, 0) is 36.5 Å². The first-order valence-corrected chi connectivity index (χ1v) is 4.32. The Morgan fingerprint density at radius 3 is 3.08 bits per heavy atom. The van der Waals surface area contributed by atoms with Gasteiger partial charge in [0.2, 0.25) is 0 Å². The molecule has 1 aromatic carbocycles. The van der Waals surface area contributed by atoms with Crippen molar-refractivity contribution in [3.63, 3.8) is 0 Å². The quantitative estimate of drug-likeness (QED) is 0.604. The molecule has 0 heterocycles. The van der Waals surface area contributed by atoms with Gasteiger partial charge >= 0.3 is 0 Å². The molecule has 1 aliphatic rings. The standard InChI is InChI=1S/C10H13NO/c11-8-5-4-7-2-1-3-10(12)9(7)6-8/h1-3,8,12H,4-6,11H2/t8-/m0/s1. The van der Waals surface area contributed by atoms with Crippen molar-refractivity contribution in [1.82, 2.24) is 0 Å². The van der Waals surface area contributed by atoms with E-state index in [9.17, 15) is 5.11 Å². The fraction of sp³-hybridized carbons (Fsp3) is 0.400. The molecule has 0 spiro atoms. The number of hydrogen-bond acceptors (Lipinski definition) is 2. The van der Waals surface area contributed by atoms with Crippen molar-refractivity contribution in [2.24, 2.45) is 5.73 Å². The lowest BCUT2D eigenvalue weighted by Gasteiger charge is -2.21. The van der Waals surface area contributed by atoms with E-state index in [2.05, 4.69) is 6.07 Å². The zero-order chi connectivity index (χ0) is 8.55. The van der Waals surface area contributed by atoms with Crippen molar-refractivity contribution >= 4 is 0 Å². The van der Waals surface area contributed by atoms with E-state index in [1.165, 1.54) is 5.56 Å². The molecule has 1 aliphatic carbocycles. The molecule has 1 atom stereocenters. The average Bonchev–Trinajstić information content (AvgIpc) is 2.07. The molecule has 0 radical (unpaired) electrons. The maximum absolute atomic E-state index is 9.52. The van der Waals surface area contributed by atoms with Gasteiger partial charge in [0.1, 0.15) is 5.75 Å². The summed E-state index contributed by atoms with van der Waals surface area (Å²) >= 11 is 0. The molecular weight excluding hydrogens is 150 g/mol. The van der Waals surface area contributed by atoms with E-state index in [0.29, 0.717) is 5.75 Å². The molecule has 0 aromatic heterocycles. The number of aromatic hydroxyl groups is 1.